The molecule has 3 rings (SSSR count). The Morgan fingerprint density at radius 1 is 1.00 bits per heavy atom. The van der Waals surface area contributed by atoms with E-state index in [9.17, 15) is 13.9 Å². The summed E-state index contributed by atoms with van der Waals surface area (Å²) in [6.07, 6.45) is 10.2. The molecule has 1 aliphatic rings. The van der Waals surface area contributed by atoms with Crippen LogP contribution < -0.4 is 4.74 Å². The van der Waals surface area contributed by atoms with Crippen LogP contribution in [0.3, 0.4) is 0 Å². The van der Waals surface area contributed by atoms with Gasteiger partial charge in [-0.1, -0.05) is 36.4 Å². The fraction of sp³-hybridized carbons (Fsp3) is 0.417. The van der Waals surface area contributed by atoms with E-state index in [0.29, 0.717) is 18.1 Å². The summed E-state index contributed by atoms with van der Waals surface area (Å²) in [5.41, 5.74) is 2.06. The predicted molar refractivity (Wildman–Crippen MR) is 108 cm³/mol. The number of aliphatic hydroxyl groups is 1. The van der Waals surface area contributed by atoms with Crippen LogP contribution in [0, 0.1) is 17.6 Å². The van der Waals surface area contributed by atoms with Crippen molar-refractivity contribution in [2.75, 3.05) is 6.61 Å². The van der Waals surface area contributed by atoms with Gasteiger partial charge in [0.2, 0.25) is 5.82 Å². The van der Waals surface area contributed by atoms with Crippen LogP contribution in [0.2, 0.25) is 0 Å². The zero-order valence-electron chi connectivity index (χ0n) is 16.3. The molecular weight excluding hydrogens is 358 g/mol. The van der Waals surface area contributed by atoms with E-state index in [2.05, 4.69) is 12.2 Å². The molecule has 2 nitrogen and oxygen atoms in total. The van der Waals surface area contributed by atoms with Gasteiger partial charge in [-0.15, -0.1) is 0 Å². The maximum absolute atomic E-state index is 14.3. The number of ether oxygens (including phenoxy) is 1. The van der Waals surface area contributed by atoms with Gasteiger partial charge in [0.05, 0.1) is 12.7 Å². The molecule has 0 amide bonds. The average Bonchev–Trinajstić information content (AvgIpc) is 2.71. The van der Waals surface area contributed by atoms with Gasteiger partial charge in [0, 0.05) is 5.56 Å². The fourth-order valence-corrected chi connectivity index (χ4v) is 3.71. The van der Waals surface area contributed by atoms with Crippen molar-refractivity contribution in [1.29, 1.82) is 0 Å². The third-order valence-electron chi connectivity index (χ3n) is 5.36. The first-order valence-electron chi connectivity index (χ1n) is 10.1. The molecule has 1 fully saturated rings. The molecule has 2 aromatic rings. The van der Waals surface area contributed by atoms with Crippen molar-refractivity contribution in [3.8, 4) is 16.9 Å². The molecule has 4 heteroatoms. The van der Waals surface area contributed by atoms with Crippen LogP contribution in [0.1, 0.15) is 44.6 Å². The molecule has 0 atom stereocenters. The van der Waals surface area contributed by atoms with Crippen molar-refractivity contribution in [3.63, 3.8) is 0 Å². The summed E-state index contributed by atoms with van der Waals surface area (Å²) in [6.45, 7) is 2.03. The van der Waals surface area contributed by atoms with Crippen LogP contribution in [0.25, 0.3) is 11.1 Å². The average molecular weight is 386 g/mol. The van der Waals surface area contributed by atoms with Crippen LogP contribution in [0.15, 0.2) is 48.6 Å². The van der Waals surface area contributed by atoms with Crippen LogP contribution in [0.4, 0.5) is 8.78 Å². The highest BCUT2D eigenvalue weighted by Crippen LogP contribution is 2.30. The number of hydrogen-bond donors (Lipinski definition) is 1. The van der Waals surface area contributed by atoms with Gasteiger partial charge >= 0.3 is 0 Å². The lowest BCUT2D eigenvalue weighted by atomic mass is 9.87. The summed E-state index contributed by atoms with van der Waals surface area (Å²) < 4.78 is 33.5. The van der Waals surface area contributed by atoms with Crippen molar-refractivity contribution < 1.29 is 18.6 Å². The Labute approximate surface area is 165 Å². The number of aliphatic hydroxyl groups excluding tert-OH is 1. The first-order valence-corrected chi connectivity index (χ1v) is 10.1. The van der Waals surface area contributed by atoms with Gasteiger partial charge in [0.25, 0.3) is 0 Å². The molecule has 2 aromatic carbocycles. The second-order valence-corrected chi connectivity index (χ2v) is 7.40. The molecule has 0 radical (unpaired) electrons. The van der Waals surface area contributed by atoms with E-state index in [1.165, 1.54) is 11.6 Å². The van der Waals surface area contributed by atoms with E-state index in [1.54, 1.807) is 13.0 Å². The van der Waals surface area contributed by atoms with Crippen molar-refractivity contribution in [2.24, 2.45) is 5.92 Å². The van der Waals surface area contributed by atoms with Gasteiger partial charge in [-0.25, -0.2) is 4.39 Å². The topological polar surface area (TPSA) is 29.5 Å². The smallest absolute Gasteiger partial charge is 0.201 e. The lowest BCUT2D eigenvalue weighted by Crippen LogP contribution is -2.16. The Bertz CT molecular complexity index is 791. The summed E-state index contributed by atoms with van der Waals surface area (Å²) >= 11 is 0. The lowest BCUT2D eigenvalue weighted by molar-refractivity contribution is 0.118. The fourth-order valence-electron chi connectivity index (χ4n) is 3.71. The minimum absolute atomic E-state index is 0.0559. The number of rotatable bonds is 7. The number of hydrogen-bond acceptors (Lipinski definition) is 2. The number of benzene rings is 2. The third kappa shape index (κ3) is 5.20. The summed E-state index contributed by atoms with van der Waals surface area (Å²) in [7, 11) is 0. The van der Waals surface area contributed by atoms with Gasteiger partial charge in [0.15, 0.2) is 11.6 Å². The number of halogens is 2. The molecular formula is C24H28F2O2. The highest BCUT2D eigenvalue weighted by molar-refractivity contribution is 5.65. The minimum atomic E-state index is -0.941. The first kappa shape index (κ1) is 20.5. The maximum atomic E-state index is 14.3. The SMILES string of the molecule is CCOc1ccc(-c2ccc(CCC=CC3CCC(O)CC3)cc2)c(F)c1F. The van der Waals surface area contributed by atoms with E-state index >= 15 is 0 Å². The molecule has 0 heterocycles. The van der Waals surface area contributed by atoms with Gasteiger partial charge in [-0.2, -0.15) is 4.39 Å². The van der Waals surface area contributed by atoms with Crippen molar-refractivity contribution >= 4 is 0 Å². The van der Waals surface area contributed by atoms with Crippen LogP contribution >= 0.6 is 0 Å². The van der Waals surface area contributed by atoms with Crippen molar-refractivity contribution in [1.82, 2.24) is 0 Å². The van der Waals surface area contributed by atoms with Crippen molar-refractivity contribution in [3.05, 3.63) is 65.7 Å². The Hall–Kier alpha value is -2.20. The molecule has 1 N–H and O–H groups in total. The van der Waals surface area contributed by atoms with E-state index in [1.807, 2.05) is 24.3 Å². The van der Waals surface area contributed by atoms with E-state index in [4.69, 9.17) is 4.74 Å². The van der Waals surface area contributed by atoms with E-state index < -0.39 is 11.6 Å². The largest absolute Gasteiger partial charge is 0.491 e. The van der Waals surface area contributed by atoms with E-state index in [-0.39, 0.29) is 17.4 Å². The second-order valence-electron chi connectivity index (χ2n) is 7.40. The zero-order valence-corrected chi connectivity index (χ0v) is 16.3. The lowest BCUT2D eigenvalue weighted by Gasteiger charge is -2.22. The Balaban J connectivity index is 1.57. The Morgan fingerprint density at radius 2 is 1.71 bits per heavy atom. The number of allylic oxidation sites excluding steroid dienone is 2. The Morgan fingerprint density at radius 3 is 2.39 bits per heavy atom. The Kier molecular flexibility index (Phi) is 7.21. The van der Waals surface area contributed by atoms with Gasteiger partial charge < -0.3 is 9.84 Å². The summed E-state index contributed by atoms with van der Waals surface area (Å²) in [4.78, 5) is 0. The summed E-state index contributed by atoms with van der Waals surface area (Å²) in [5, 5.41) is 9.55. The predicted octanol–water partition coefficient (Wildman–Crippen LogP) is 6.07. The van der Waals surface area contributed by atoms with Gasteiger partial charge in [-0.05, 0) is 74.6 Å². The van der Waals surface area contributed by atoms with E-state index in [0.717, 1.165) is 38.5 Å². The first-order chi connectivity index (χ1) is 13.6. The molecule has 150 valence electrons. The highest BCUT2D eigenvalue weighted by Gasteiger charge is 2.17. The van der Waals surface area contributed by atoms with Gasteiger partial charge in [-0.3, -0.25) is 0 Å². The molecule has 28 heavy (non-hydrogen) atoms. The summed E-state index contributed by atoms with van der Waals surface area (Å²) in [6, 6.07) is 10.6. The molecule has 0 bridgehead atoms. The molecule has 0 aliphatic heterocycles. The molecule has 0 unspecified atom stereocenters. The minimum Gasteiger partial charge on any atom is -0.491 e. The van der Waals surface area contributed by atoms with Crippen LogP contribution in [-0.4, -0.2) is 17.8 Å². The maximum Gasteiger partial charge on any atom is 0.201 e. The van der Waals surface area contributed by atoms with Crippen LogP contribution in [0.5, 0.6) is 5.75 Å². The molecule has 1 saturated carbocycles. The summed E-state index contributed by atoms with van der Waals surface area (Å²) in [5.74, 6) is -1.29. The zero-order chi connectivity index (χ0) is 19.9. The normalized spacial score (nSPS) is 19.9. The standard InChI is InChI=1S/C24H28F2O2/c1-2-28-22-16-15-21(23(25)24(22)26)19-11-7-17(8-12-19)5-3-4-6-18-9-13-20(27)14-10-18/h4,6-8,11-12,15-16,18,20,27H,2-3,5,9-10,13-14H2,1H3. The quantitative estimate of drug-likeness (QED) is 0.585. The van der Waals surface area contributed by atoms with Crippen molar-refractivity contribution in [2.45, 2.75) is 51.6 Å². The molecule has 1 aliphatic carbocycles. The second kappa shape index (κ2) is 9.83. The third-order valence-corrected chi connectivity index (χ3v) is 5.36. The van der Waals surface area contributed by atoms with Gasteiger partial charge in [0.1, 0.15) is 0 Å². The number of aryl methyl sites for hydroxylation is 1. The molecule has 0 aromatic heterocycles. The molecule has 0 saturated heterocycles. The molecule has 0 spiro atoms. The monoisotopic (exact) mass is 386 g/mol. The highest BCUT2D eigenvalue weighted by atomic mass is 19.2. The van der Waals surface area contributed by atoms with Crippen LogP contribution in [-0.2, 0) is 6.42 Å².